The van der Waals surface area contributed by atoms with Crippen LogP contribution >= 0.6 is 0 Å². The van der Waals surface area contributed by atoms with Gasteiger partial charge in [0.15, 0.2) is 0 Å². The highest BCUT2D eigenvalue weighted by Crippen LogP contribution is 2.28. The number of rotatable bonds is 9. The molecule has 13 heteroatoms. The van der Waals surface area contributed by atoms with Crippen LogP contribution in [0.2, 0.25) is 0 Å². The zero-order valence-electron chi connectivity index (χ0n) is 23.7. The van der Waals surface area contributed by atoms with Gasteiger partial charge in [0.2, 0.25) is 11.8 Å². The number of hydrogen-bond donors (Lipinski definition) is 1. The average molecular weight is 575 g/mol. The fraction of sp³-hybridized carbons (Fsp3) is 0.379. The number of carbonyl (C=O) groups is 4. The van der Waals surface area contributed by atoms with Crippen LogP contribution in [0.3, 0.4) is 0 Å². The number of nitrogens with zero attached hydrogens (tertiary/aromatic N) is 7. The fourth-order valence-corrected chi connectivity index (χ4v) is 5.49. The van der Waals surface area contributed by atoms with Gasteiger partial charge in [-0.25, -0.2) is 19.5 Å². The van der Waals surface area contributed by atoms with E-state index < -0.39 is 18.2 Å². The van der Waals surface area contributed by atoms with Gasteiger partial charge in [0.1, 0.15) is 24.3 Å². The first-order valence-electron chi connectivity index (χ1n) is 13.9. The average Bonchev–Trinajstić information content (AvgIpc) is 3.38. The van der Waals surface area contributed by atoms with Gasteiger partial charge < -0.3 is 19.9 Å². The molecule has 2 fully saturated rings. The predicted octanol–water partition coefficient (Wildman–Crippen LogP) is 1.51. The van der Waals surface area contributed by atoms with E-state index in [9.17, 15) is 19.2 Å². The molecule has 3 aromatic rings. The second-order valence-electron chi connectivity index (χ2n) is 10.1. The topological polar surface area (TPSA) is 133 Å². The van der Waals surface area contributed by atoms with E-state index in [4.69, 9.17) is 4.74 Å². The monoisotopic (exact) mass is 574 g/mol. The lowest BCUT2D eigenvalue weighted by Gasteiger charge is -2.54. The van der Waals surface area contributed by atoms with Crippen LogP contribution in [-0.4, -0.2) is 97.1 Å². The summed E-state index contributed by atoms with van der Waals surface area (Å²) in [5.41, 5.74) is 2.84. The van der Waals surface area contributed by atoms with Crippen molar-refractivity contribution in [2.24, 2.45) is 0 Å². The molecule has 220 valence electrons. The summed E-state index contributed by atoms with van der Waals surface area (Å²) in [6.45, 7) is 8.19. The Morgan fingerprint density at radius 3 is 2.67 bits per heavy atom. The molecule has 5 rings (SSSR count). The van der Waals surface area contributed by atoms with Crippen molar-refractivity contribution in [2.45, 2.75) is 45.7 Å². The molecular weight excluding hydrogens is 540 g/mol. The first kappa shape index (κ1) is 28.7. The summed E-state index contributed by atoms with van der Waals surface area (Å²) in [6.07, 6.45) is 0.906. The minimum absolute atomic E-state index is 0.0538. The molecule has 0 aliphatic carbocycles. The molecular formula is C29H34N8O5. The largest absolute Gasteiger partial charge is 0.465 e. The SMILES string of the molecule is C=CCN1CC(=O)N2[C@@H](C)C(=O)N(Cc3cccc4c3nnn4CC(=O)OCC)C[C@@H]2N1C(=O)NCc1ccccc1. The Morgan fingerprint density at radius 1 is 1.14 bits per heavy atom. The van der Waals surface area contributed by atoms with Crippen LogP contribution in [0.15, 0.2) is 61.2 Å². The van der Waals surface area contributed by atoms with Crippen LogP contribution in [0, 0.1) is 0 Å². The normalized spacial score (nSPS) is 19.1. The van der Waals surface area contributed by atoms with Crippen molar-refractivity contribution in [1.82, 2.24) is 40.1 Å². The van der Waals surface area contributed by atoms with E-state index in [0.717, 1.165) is 11.1 Å². The van der Waals surface area contributed by atoms with Gasteiger partial charge in [-0.05, 0) is 25.5 Å². The van der Waals surface area contributed by atoms with Gasteiger partial charge in [0, 0.05) is 25.2 Å². The third-order valence-electron chi connectivity index (χ3n) is 7.39. The van der Waals surface area contributed by atoms with Crippen LogP contribution in [-0.2, 0) is 38.8 Å². The van der Waals surface area contributed by atoms with Crippen LogP contribution in [0.5, 0.6) is 0 Å². The third kappa shape index (κ3) is 5.68. The van der Waals surface area contributed by atoms with Gasteiger partial charge in [0.25, 0.3) is 0 Å². The molecule has 2 atom stereocenters. The lowest BCUT2D eigenvalue weighted by atomic mass is 10.1. The van der Waals surface area contributed by atoms with E-state index >= 15 is 0 Å². The summed E-state index contributed by atoms with van der Waals surface area (Å²) < 4.78 is 6.50. The van der Waals surface area contributed by atoms with E-state index in [1.165, 1.54) is 14.6 Å². The molecule has 4 amide bonds. The van der Waals surface area contributed by atoms with Gasteiger partial charge in [-0.1, -0.05) is 53.8 Å². The molecule has 3 heterocycles. The van der Waals surface area contributed by atoms with Crippen LogP contribution in [0.4, 0.5) is 4.79 Å². The number of fused-ring (bicyclic) bond motifs is 2. The minimum atomic E-state index is -0.787. The van der Waals surface area contributed by atoms with Gasteiger partial charge in [-0.3, -0.25) is 14.4 Å². The molecule has 0 bridgehead atoms. The first-order valence-corrected chi connectivity index (χ1v) is 13.9. The van der Waals surface area contributed by atoms with Crippen molar-refractivity contribution in [1.29, 1.82) is 0 Å². The number of ether oxygens (including phenoxy) is 1. The van der Waals surface area contributed by atoms with Crippen molar-refractivity contribution in [3.8, 4) is 0 Å². The summed E-state index contributed by atoms with van der Waals surface area (Å²) in [5, 5.41) is 14.5. The second kappa shape index (κ2) is 12.4. The molecule has 0 saturated carbocycles. The summed E-state index contributed by atoms with van der Waals surface area (Å²) >= 11 is 0. The van der Waals surface area contributed by atoms with E-state index in [-0.39, 0.29) is 57.2 Å². The number of nitrogens with one attached hydrogen (secondary N) is 1. The molecule has 2 aliphatic rings. The molecule has 0 unspecified atom stereocenters. The van der Waals surface area contributed by atoms with Gasteiger partial charge in [0.05, 0.1) is 25.2 Å². The highest BCUT2D eigenvalue weighted by Gasteiger charge is 2.49. The Hall–Kier alpha value is -4.78. The van der Waals surface area contributed by atoms with E-state index in [1.807, 2.05) is 42.5 Å². The molecule has 2 aromatic carbocycles. The molecule has 42 heavy (non-hydrogen) atoms. The second-order valence-corrected chi connectivity index (χ2v) is 10.1. The highest BCUT2D eigenvalue weighted by atomic mass is 16.5. The maximum absolute atomic E-state index is 13.6. The smallest absolute Gasteiger partial charge is 0.334 e. The van der Waals surface area contributed by atoms with Crippen molar-refractivity contribution in [3.63, 3.8) is 0 Å². The Bertz CT molecular complexity index is 1490. The van der Waals surface area contributed by atoms with E-state index in [0.29, 0.717) is 17.6 Å². The number of aromatic nitrogens is 3. The van der Waals surface area contributed by atoms with Crippen molar-refractivity contribution < 1.29 is 23.9 Å². The summed E-state index contributed by atoms with van der Waals surface area (Å²) in [7, 11) is 0. The highest BCUT2D eigenvalue weighted by molar-refractivity contribution is 5.91. The number of esters is 1. The Balaban J connectivity index is 1.41. The Kier molecular flexibility index (Phi) is 8.48. The molecule has 2 aliphatic heterocycles. The lowest BCUT2D eigenvalue weighted by Crippen LogP contribution is -2.75. The summed E-state index contributed by atoms with van der Waals surface area (Å²) in [6, 6.07) is 13.8. The summed E-state index contributed by atoms with van der Waals surface area (Å²) in [4.78, 5) is 55.6. The molecule has 1 N–H and O–H groups in total. The maximum Gasteiger partial charge on any atom is 0.334 e. The Morgan fingerprint density at radius 2 is 1.93 bits per heavy atom. The quantitative estimate of drug-likeness (QED) is 0.300. The third-order valence-corrected chi connectivity index (χ3v) is 7.39. The first-order chi connectivity index (χ1) is 20.3. The molecule has 2 saturated heterocycles. The van der Waals surface area contributed by atoms with Gasteiger partial charge >= 0.3 is 12.0 Å². The zero-order chi connectivity index (χ0) is 29.8. The molecule has 13 nitrogen and oxygen atoms in total. The number of benzene rings is 2. The number of hydrogen-bond acceptors (Lipinski definition) is 8. The van der Waals surface area contributed by atoms with E-state index in [1.54, 1.807) is 35.9 Å². The van der Waals surface area contributed by atoms with E-state index in [2.05, 4.69) is 22.2 Å². The number of piperazine rings is 1. The van der Waals surface area contributed by atoms with Crippen molar-refractivity contribution in [3.05, 3.63) is 72.3 Å². The van der Waals surface area contributed by atoms with Crippen LogP contribution in [0.25, 0.3) is 11.0 Å². The number of hydrazine groups is 1. The zero-order valence-corrected chi connectivity index (χ0v) is 23.7. The fourth-order valence-electron chi connectivity index (χ4n) is 5.49. The van der Waals surface area contributed by atoms with Crippen molar-refractivity contribution in [2.75, 3.05) is 26.2 Å². The standard InChI is InChI=1S/C29H34N8O5/c1-4-14-34-18-25(38)36-20(3)28(40)33(17-24(36)37(34)29(41)30-15-21-10-7-6-8-11-21)16-22-12-9-13-23-27(22)31-32-35(23)19-26(39)42-5-2/h4,6-13,20,24H,1,5,14-19H2,2-3H3,(H,30,41)/t20-,24-/m0/s1. The number of urea groups is 1. The minimum Gasteiger partial charge on any atom is -0.465 e. The summed E-state index contributed by atoms with van der Waals surface area (Å²) in [5.74, 6) is -0.901. The number of amides is 4. The van der Waals surface area contributed by atoms with Crippen LogP contribution in [0.1, 0.15) is 25.0 Å². The Labute approximate surface area is 243 Å². The molecule has 1 aromatic heterocycles. The predicted molar refractivity (Wildman–Crippen MR) is 152 cm³/mol. The molecule has 0 radical (unpaired) electrons. The lowest BCUT2D eigenvalue weighted by molar-refractivity contribution is -0.188. The molecule has 0 spiro atoms. The van der Waals surface area contributed by atoms with Crippen LogP contribution < -0.4 is 5.32 Å². The maximum atomic E-state index is 13.6. The van der Waals surface area contributed by atoms with Gasteiger partial charge in [-0.15, -0.1) is 11.7 Å². The van der Waals surface area contributed by atoms with Crippen molar-refractivity contribution >= 4 is 34.8 Å². The van der Waals surface area contributed by atoms with Gasteiger partial charge in [-0.2, -0.15) is 0 Å². The number of carbonyl (C=O) groups excluding carboxylic acids is 4.